The van der Waals surface area contributed by atoms with Crippen LogP contribution in [-0.4, -0.2) is 30.6 Å². The second-order valence-electron chi connectivity index (χ2n) is 6.93. The summed E-state index contributed by atoms with van der Waals surface area (Å²) in [6.45, 7) is 12.9. The molecule has 3 atom stereocenters. The summed E-state index contributed by atoms with van der Waals surface area (Å²) >= 11 is 0. The average Bonchev–Trinajstić information content (AvgIpc) is 2.46. The van der Waals surface area contributed by atoms with Crippen LogP contribution in [0.1, 0.15) is 72.6 Å². The molecule has 1 saturated carbocycles. The summed E-state index contributed by atoms with van der Waals surface area (Å²) < 4.78 is 0. The third-order valence-electron chi connectivity index (χ3n) is 5.46. The Balaban J connectivity index is 2.49. The van der Waals surface area contributed by atoms with Crippen LogP contribution in [0.5, 0.6) is 0 Å². The van der Waals surface area contributed by atoms with Crippen LogP contribution in [0, 0.1) is 17.8 Å². The van der Waals surface area contributed by atoms with Gasteiger partial charge in [0.25, 0.3) is 0 Å². The summed E-state index contributed by atoms with van der Waals surface area (Å²) in [5, 5.41) is 0. The molecule has 2 N–H and O–H groups in total. The number of hydrogen-bond acceptors (Lipinski definition) is 2. The second-order valence-corrected chi connectivity index (χ2v) is 6.93. The Morgan fingerprint density at radius 1 is 1.10 bits per heavy atom. The lowest BCUT2D eigenvalue weighted by Gasteiger charge is -2.38. The number of rotatable bonds is 9. The van der Waals surface area contributed by atoms with Crippen molar-refractivity contribution in [1.82, 2.24) is 4.90 Å². The monoisotopic (exact) mass is 282 g/mol. The van der Waals surface area contributed by atoms with E-state index in [9.17, 15) is 0 Å². The largest absolute Gasteiger partial charge is 0.327 e. The molecule has 0 aliphatic heterocycles. The summed E-state index contributed by atoms with van der Waals surface area (Å²) in [4.78, 5) is 2.66. The molecule has 20 heavy (non-hydrogen) atoms. The van der Waals surface area contributed by atoms with E-state index in [2.05, 4.69) is 32.6 Å². The van der Waals surface area contributed by atoms with Crippen molar-refractivity contribution < 1.29 is 0 Å². The van der Waals surface area contributed by atoms with Gasteiger partial charge in [-0.3, -0.25) is 0 Å². The van der Waals surface area contributed by atoms with E-state index in [1.807, 2.05) is 0 Å². The van der Waals surface area contributed by atoms with Crippen molar-refractivity contribution in [3.05, 3.63) is 0 Å². The molecule has 0 aromatic heterocycles. The molecule has 1 fully saturated rings. The summed E-state index contributed by atoms with van der Waals surface area (Å²) in [7, 11) is 0. The highest BCUT2D eigenvalue weighted by Gasteiger charge is 2.29. The van der Waals surface area contributed by atoms with Crippen molar-refractivity contribution in [3.63, 3.8) is 0 Å². The maximum absolute atomic E-state index is 6.41. The molecule has 0 aromatic carbocycles. The smallest absolute Gasteiger partial charge is 0.00795 e. The van der Waals surface area contributed by atoms with Gasteiger partial charge in [0.1, 0.15) is 0 Å². The highest BCUT2D eigenvalue weighted by molar-refractivity contribution is 4.84. The van der Waals surface area contributed by atoms with E-state index in [1.54, 1.807) is 0 Å². The Morgan fingerprint density at radius 3 is 2.35 bits per heavy atom. The standard InChI is InChI=1S/C18H38N2/c1-5-9-16-10-11-18(19)17(12-16)14-20(8-4)13-15(6-2)7-3/h15-18H,5-14,19H2,1-4H3. The van der Waals surface area contributed by atoms with Gasteiger partial charge in [-0.15, -0.1) is 0 Å². The zero-order valence-corrected chi connectivity index (χ0v) is 14.4. The van der Waals surface area contributed by atoms with Crippen LogP contribution in [0.25, 0.3) is 0 Å². The topological polar surface area (TPSA) is 29.3 Å². The molecule has 0 radical (unpaired) electrons. The normalized spacial score (nSPS) is 27.4. The summed E-state index contributed by atoms with van der Waals surface area (Å²) in [6, 6.07) is 0.443. The van der Waals surface area contributed by atoms with Crippen LogP contribution in [0.4, 0.5) is 0 Å². The first-order valence-electron chi connectivity index (χ1n) is 9.12. The van der Waals surface area contributed by atoms with Gasteiger partial charge < -0.3 is 10.6 Å². The van der Waals surface area contributed by atoms with Crippen molar-refractivity contribution in [2.24, 2.45) is 23.5 Å². The second kappa shape index (κ2) is 9.78. The number of nitrogens with zero attached hydrogens (tertiary/aromatic N) is 1. The summed E-state index contributed by atoms with van der Waals surface area (Å²) in [5.41, 5.74) is 6.41. The van der Waals surface area contributed by atoms with E-state index >= 15 is 0 Å². The van der Waals surface area contributed by atoms with E-state index in [0.29, 0.717) is 6.04 Å². The maximum atomic E-state index is 6.41. The molecular formula is C18H38N2. The Kier molecular flexibility index (Phi) is 8.79. The van der Waals surface area contributed by atoms with E-state index in [0.717, 1.165) is 17.8 Å². The van der Waals surface area contributed by atoms with Crippen LogP contribution in [0.3, 0.4) is 0 Å². The Hall–Kier alpha value is -0.0800. The molecule has 3 unspecified atom stereocenters. The van der Waals surface area contributed by atoms with Gasteiger partial charge >= 0.3 is 0 Å². The molecule has 0 bridgehead atoms. The van der Waals surface area contributed by atoms with E-state index in [4.69, 9.17) is 5.73 Å². The molecule has 0 saturated heterocycles. The van der Waals surface area contributed by atoms with Gasteiger partial charge in [0.05, 0.1) is 0 Å². The molecule has 0 spiro atoms. The van der Waals surface area contributed by atoms with Crippen molar-refractivity contribution in [2.75, 3.05) is 19.6 Å². The van der Waals surface area contributed by atoms with Gasteiger partial charge in [-0.2, -0.15) is 0 Å². The zero-order chi connectivity index (χ0) is 15.0. The molecule has 2 nitrogen and oxygen atoms in total. The third kappa shape index (κ3) is 5.73. The van der Waals surface area contributed by atoms with Crippen LogP contribution in [0.15, 0.2) is 0 Å². The Bertz CT molecular complexity index is 238. The van der Waals surface area contributed by atoms with Gasteiger partial charge in [-0.1, -0.05) is 53.4 Å². The molecule has 0 aromatic rings. The van der Waals surface area contributed by atoms with Crippen LogP contribution < -0.4 is 5.73 Å². The SMILES string of the molecule is CCCC1CCC(N)C(CN(CC)CC(CC)CC)C1. The van der Waals surface area contributed by atoms with Crippen molar-refractivity contribution in [2.45, 2.75) is 78.7 Å². The molecule has 1 aliphatic rings. The molecule has 2 heteroatoms. The van der Waals surface area contributed by atoms with E-state index < -0.39 is 0 Å². The van der Waals surface area contributed by atoms with Crippen LogP contribution >= 0.6 is 0 Å². The Morgan fingerprint density at radius 2 is 1.80 bits per heavy atom. The van der Waals surface area contributed by atoms with Gasteiger partial charge in [-0.25, -0.2) is 0 Å². The van der Waals surface area contributed by atoms with E-state index in [1.165, 1.54) is 64.6 Å². The third-order valence-corrected chi connectivity index (χ3v) is 5.46. The molecule has 1 aliphatic carbocycles. The quantitative estimate of drug-likeness (QED) is 0.683. The van der Waals surface area contributed by atoms with Crippen molar-refractivity contribution in [1.29, 1.82) is 0 Å². The fraction of sp³-hybridized carbons (Fsp3) is 1.00. The minimum Gasteiger partial charge on any atom is -0.327 e. The lowest BCUT2D eigenvalue weighted by atomic mass is 9.76. The van der Waals surface area contributed by atoms with Gasteiger partial charge in [-0.05, 0) is 43.6 Å². The van der Waals surface area contributed by atoms with Gasteiger partial charge in [0, 0.05) is 19.1 Å². The fourth-order valence-electron chi connectivity index (χ4n) is 3.84. The van der Waals surface area contributed by atoms with Crippen LogP contribution in [0.2, 0.25) is 0 Å². The maximum Gasteiger partial charge on any atom is 0.00795 e. The average molecular weight is 283 g/mol. The highest BCUT2D eigenvalue weighted by atomic mass is 15.1. The Labute approximate surface area is 127 Å². The van der Waals surface area contributed by atoms with Gasteiger partial charge in [0.15, 0.2) is 0 Å². The summed E-state index contributed by atoms with van der Waals surface area (Å²) in [5.74, 6) is 2.53. The minimum atomic E-state index is 0.443. The summed E-state index contributed by atoms with van der Waals surface area (Å²) in [6.07, 6.45) is 9.33. The molecule has 0 heterocycles. The molecular weight excluding hydrogens is 244 g/mol. The first kappa shape index (κ1) is 18.0. The predicted octanol–water partition coefficient (Wildman–Crippen LogP) is 4.29. The lowest BCUT2D eigenvalue weighted by Crippen LogP contribution is -2.44. The van der Waals surface area contributed by atoms with Gasteiger partial charge in [0.2, 0.25) is 0 Å². The zero-order valence-electron chi connectivity index (χ0n) is 14.4. The number of nitrogens with two attached hydrogens (primary N) is 1. The van der Waals surface area contributed by atoms with Crippen molar-refractivity contribution >= 4 is 0 Å². The lowest BCUT2D eigenvalue weighted by molar-refractivity contribution is 0.140. The van der Waals surface area contributed by atoms with E-state index in [-0.39, 0.29) is 0 Å². The van der Waals surface area contributed by atoms with Crippen LogP contribution in [-0.2, 0) is 0 Å². The number of hydrogen-bond donors (Lipinski definition) is 1. The van der Waals surface area contributed by atoms with Crippen molar-refractivity contribution in [3.8, 4) is 0 Å². The first-order valence-corrected chi connectivity index (χ1v) is 9.12. The minimum absolute atomic E-state index is 0.443. The predicted molar refractivity (Wildman–Crippen MR) is 89.9 cm³/mol. The fourth-order valence-corrected chi connectivity index (χ4v) is 3.84. The molecule has 0 amide bonds. The molecule has 1 rings (SSSR count). The first-order chi connectivity index (χ1) is 9.64. The molecule has 120 valence electrons. The highest BCUT2D eigenvalue weighted by Crippen LogP contribution is 2.32.